The van der Waals surface area contributed by atoms with Crippen molar-refractivity contribution >= 4 is 21.6 Å². The summed E-state index contributed by atoms with van der Waals surface area (Å²) >= 11 is 0. The zero-order valence-electron chi connectivity index (χ0n) is 15.6. The third kappa shape index (κ3) is 5.08. The quantitative estimate of drug-likeness (QED) is 0.711. The summed E-state index contributed by atoms with van der Waals surface area (Å²) in [5.41, 5.74) is 2.54. The SMILES string of the molecule is Cc1ccc(N([C@@H](C)C(=O)NCCCn2ccnc2)S(C)(=O)=O)cc1C. The maximum absolute atomic E-state index is 12.5. The number of nitrogens with one attached hydrogen (secondary N) is 1. The molecule has 0 aliphatic rings. The lowest BCUT2D eigenvalue weighted by molar-refractivity contribution is -0.121. The van der Waals surface area contributed by atoms with E-state index < -0.39 is 16.1 Å². The Hall–Kier alpha value is -2.35. The molecule has 7 nitrogen and oxygen atoms in total. The molecule has 0 saturated heterocycles. The second-order valence-electron chi connectivity index (χ2n) is 6.45. The molecular formula is C18H26N4O3S. The minimum atomic E-state index is -3.60. The number of carbonyl (C=O) groups is 1. The summed E-state index contributed by atoms with van der Waals surface area (Å²) in [7, 11) is -3.60. The molecule has 1 atom stereocenters. The average molecular weight is 378 g/mol. The van der Waals surface area contributed by atoms with E-state index in [0.29, 0.717) is 12.2 Å². The van der Waals surface area contributed by atoms with Crippen LogP contribution in [0.5, 0.6) is 0 Å². The van der Waals surface area contributed by atoms with E-state index in [2.05, 4.69) is 10.3 Å². The Kier molecular flexibility index (Phi) is 6.42. The highest BCUT2D eigenvalue weighted by Gasteiger charge is 2.29. The number of imidazole rings is 1. The fourth-order valence-electron chi connectivity index (χ4n) is 2.71. The van der Waals surface area contributed by atoms with Crippen LogP contribution in [-0.4, -0.2) is 42.7 Å². The largest absolute Gasteiger partial charge is 0.354 e. The molecule has 142 valence electrons. The molecule has 26 heavy (non-hydrogen) atoms. The lowest BCUT2D eigenvalue weighted by Crippen LogP contribution is -2.48. The predicted octanol–water partition coefficient (Wildman–Crippen LogP) is 1.86. The first-order valence-electron chi connectivity index (χ1n) is 8.50. The smallest absolute Gasteiger partial charge is 0.243 e. The highest BCUT2D eigenvalue weighted by molar-refractivity contribution is 7.92. The van der Waals surface area contributed by atoms with Crippen LogP contribution in [0.4, 0.5) is 5.69 Å². The van der Waals surface area contributed by atoms with Gasteiger partial charge in [-0.15, -0.1) is 0 Å². The van der Waals surface area contributed by atoms with E-state index in [1.54, 1.807) is 31.6 Å². The summed E-state index contributed by atoms with van der Waals surface area (Å²) in [5, 5.41) is 2.81. The molecule has 1 amide bonds. The number of aryl methyl sites for hydroxylation is 3. The molecule has 0 aliphatic heterocycles. The molecule has 1 heterocycles. The number of benzene rings is 1. The van der Waals surface area contributed by atoms with Gasteiger partial charge in [-0.25, -0.2) is 13.4 Å². The van der Waals surface area contributed by atoms with Crippen molar-refractivity contribution in [1.29, 1.82) is 0 Å². The number of hydrogen-bond acceptors (Lipinski definition) is 4. The number of sulfonamides is 1. The van der Waals surface area contributed by atoms with Crippen molar-refractivity contribution in [3.05, 3.63) is 48.0 Å². The minimum absolute atomic E-state index is 0.320. The molecule has 0 aliphatic carbocycles. The van der Waals surface area contributed by atoms with Crippen LogP contribution >= 0.6 is 0 Å². The van der Waals surface area contributed by atoms with Gasteiger partial charge in [-0.1, -0.05) is 6.07 Å². The Labute approximate surface area is 155 Å². The van der Waals surface area contributed by atoms with Crippen LogP contribution in [0.3, 0.4) is 0 Å². The predicted molar refractivity (Wildman–Crippen MR) is 103 cm³/mol. The molecular weight excluding hydrogens is 352 g/mol. The maximum Gasteiger partial charge on any atom is 0.243 e. The second-order valence-corrected chi connectivity index (χ2v) is 8.31. The number of nitrogens with zero attached hydrogens (tertiary/aromatic N) is 3. The summed E-state index contributed by atoms with van der Waals surface area (Å²) in [4.78, 5) is 16.4. The van der Waals surface area contributed by atoms with E-state index in [1.165, 1.54) is 4.31 Å². The Morgan fingerprint density at radius 1 is 1.31 bits per heavy atom. The van der Waals surface area contributed by atoms with Crippen LogP contribution in [0.25, 0.3) is 0 Å². The number of aromatic nitrogens is 2. The Morgan fingerprint density at radius 3 is 2.62 bits per heavy atom. The molecule has 1 aromatic heterocycles. The van der Waals surface area contributed by atoms with Crippen molar-refractivity contribution in [3.63, 3.8) is 0 Å². The van der Waals surface area contributed by atoms with E-state index in [1.807, 2.05) is 30.7 Å². The van der Waals surface area contributed by atoms with Gasteiger partial charge in [-0.3, -0.25) is 9.10 Å². The summed E-state index contributed by atoms with van der Waals surface area (Å²) in [6.07, 6.45) is 7.13. The van der Waals surface area contributed by atoms with E-state index in [4.69, 9.17) is 0 Å². The van der Waals surface area contributed by atoms with Gasteiger partial charge in [-0.05, 0) is 50.5 Å². The molecule has 0 radical (unpaired) electrons. The summed E-state index contributed by atoms with van der Waals surface area (Å²) in [5.74, 6) is -0.320. The minimum Gasteiger partial charge on any atom is -0.354 e. The molecule has 8 heteroatoms. The average Bonchev–Trinajstić information content (AvgIpc) is 3.07. The first-order chi connectivity index (χ1) is 12.2. The number of anilines is 1. The van der Waals surface area contributed by atoms with Gasteiger partial charge in [0, 0.05) is 25.5 Å². The molecule has 1 aromatic carbocycles. The molecule has 0 spiro atoms. The topological polar surface area (TPSA) is 84.3 Å². The Balaban J connectivity index is 2.04. The van der Waals surface area contributed by atoms with Gasteiger partial charge in [0.2, 0.25) is 15.9 Å². The normalized spacial score (nSPS) is 12.6. The van der Waals surface area contributed by atoms with Crippen LogP contribution in [-0.2, 0) is 21.4 Å². The summed E-state index contributed by atoms with van der Waals surface area (Å²) in [6, 6.07) is 4.55. The highest BCUT2D eigenvalue weighted by Crippen LogP contribution is 2.23. The first-order valence-corrected chi connectivity index (χ1v) is 10.3. The lowest BCUT2D eigenvalue weighted by atomic mass is 10.1. The van der Waals surface area contributed by atoms with Crippen LogP contribution in [0.2, 0.25) is 0 Å². The third-order valence-corrected chi connectivity index (χ3v) is 5.53. The van der Waals surface area contributed by atoms with Gasteiger partial charge in [0.05, 0.1) is 18.3 Å². The van der Waals surface area contributed by atoms with Gasteiger partial charge in [-0.2, -0.15) is 0 Å². The van der Waals surface area contributed by atoms with Gasteiger partial charge < -0.3 is 9.88 Å². The molecule has 1 N–H and O–H groups in total. The van der Waals surface area contributed by atoms with Crippen LogP contribution < -0.4 is 9.62 Å². The first kappa shape index (κ1) is 20.0. The fraction of sp³-hybridized carbons (Fsp3) is 0.444. The van der Waals surface area contributed by atoms with Crippen molar-refractivity contribution in [2.45, 2.75) is 39.8 Å². The number of amides is 1. The summed E-state index contributed by atoms with van der Waals surface area (Å²) < 4.78 is 27.7. The van der Waals surface area contributed by atoms with E-state index in [0.717, 1.165) is 30.3 Å². The van der Waals surface area contributed by atoms with E-state index in [-0.39, 0.29) is 5.91 Å². The van der Waals surface area contributed by atoms with Gasteiger partial charge in [0.25, 0.3) is 0 Å². The van der Waals surface area contributed by atoms with Crippen molar-refractivity contribution in [3.8, 4) is 0 Å². The zero-order valence-corrected chi connectivity index (χ0v) is 16.5. The molecule has 2 aromatic rings. The zero-order chi connectivity index (χ0) is 19.3. The highest BCUT2D eigenvalue weighted by atomic mass is 32.2. The molecule has 0 unspecified atom stereocenters. The monoisotopic (exact) mass is 378 g/mol. The van der Waals surface area contributed by atoms with E-state index in [9.17, 15) is 13.2 Å². The van der Waals surface area contributed by atoms with Crippen LogP contribution in [0.1, 0.15) is 24.5 Å². The number of carbonyl (C=O) groups excluding carboxylic acids is 1. The van der Waals surface area contributed by atoms with E-state index >= 15 is 0 Å². The standard InChI is InChI=1S/C18H26N4O3S/c1-14-6-7-17(12-15(14)2)22(26(4,24)25)16(3)18(23)20-8-5-10-21-11-9-19-13-21/h6-7,9,11-13,16H,5,8,10H2,1-4H3,(H,20,23)/t16-/m0/s1. The number of hydrogen-bond donors (Lipinski definition) is 1. The van der Waals surface area contributed by atoms with Crippen molar-refractivity contribution < 1.29 is 13.2 Å². The van der Waals surface area contributed by atoms with Crippen molar-refractivity contribution in [1.82, 2.24) is 14.9 Å². The maximum atomic E-state index is 12.5. The van der Waals surface area contributed by atoms with Crippen LogP contribution in [0.15, 0.2) is 36.9 Å². The van der Waals surface area contributed by atoms with Crippen LogP contribution in [0, 0.1) is 13.8 Å². The number of rotatable bonds is 8. The Bertz CT molecular complexity index is 847. The molecule has 0 fully saturated rings. The third-order valence-electron chi connectivity index (χ3n) is 4.28. The molecule has 0 bridgehead atoms. The summed E-state index contributed by atoms with van der Waals surface area (Å²) in [6.45, 7) is 6.68. The Morgan fingerprint density at radius 2 is 2.04 bits per heavy atom. The lowest BCUT2D eigenvalue weighted by Gasteiger charge is -2.28. The van der Waals surface area contributed by atoms with Gasteiger partial charge >= 0.3 is 0 Å². The fourth-order valence-corrected chi connectivity index (χ4v) is 3.88. The molecule has 0 saturated carbocycles. The van der Waals surface area contributed by atoms with Gasteiger partial charge in [0.15, 0.2) is 0 Å². The van der Waals surface area contributed by atoms with Crippen molar-refractivity contribution in [2.24, 2.45) is 0 Å². The van der Waals surface area contributed by atoms with Crippen molar-refractivity contribution in [2.75, 3.05) is 17.1 Å². The molecule has 2 rings (SSSR count). The van der Waals surface area contributed by atoms with Gasteiger partial charge in [0.1, 0.15) is 6.04 Å². The second kappa shape index (κ2) is 8.35.